The van der Waals surface area contributed by atoms with Crippen LogP contribution in [0.1, 0.15) is 79.7 Å². The van der Waals surface area contributed by atoms with Crippen molar-refractivity contribution in [1.29, 1.82) is 0 Å². The van der Waals surface area contributed by atoms with Crippen molar-refractivity contribution in [1.82, 2.24) is 25.2 Å². The molecule has 3 fully saturated rings. The molecule has 23 heavy (non-hydrogen) atoms. The molecule has 0 aromatic carbocycles. The van der Waals surface area contributed by atoms with E-state index in [4.69, 9.17) is 9.05 Å². The molecule has 7 nitrogen and oxygen atoms in total. The molecule has 1 aliphatic heterocycles. The van der Waals surface area contributed by atoms with Crippen molar-refractivity contribution in [2.24, 2.45) is 0 Å². The predicted octanol–water partition coefficient (Wildman–Crippen LogP) is 2.59. The van der Waals surface area contributed by atoms with Crippen LogP contribution in [0.2, 0.25) is 0 Å². The van der Waals surface area contributed by atoms with E-state index in [2.05, 4.69) is 25.2 Å². The minimum Gasteiger partial charge on any atom is -0.339 e. The van der Waals surface area contributed by atoms with E-state index in [1.807, 2.05) is 0 Å². The molecule has 3 aliphatic rings. The van der Waals surface area contributed by atoms with Crippen LogP contribution in [0, 0.1) is 0 Å². The quantitative estimate of drug-likeness (QED) is 0.838. The molecule has 1 atom stereocenters. The molecule has 0 bridgehead atoms. The van der Waals surface area contributed by atoms with Crippen molar-refractivity contribution < 1.29 is 9.05 Å². The number of rotatable bonds is 5. The fourth-order valence-corrected chi connectivity index (χ4v) is 3.35. The molecular weight excluding hydrogens is 294 g/mol. The third kappa shape index (κ3) is 2.89. The van der Waals surface area contributed by atoms with E-state index in [9.17, 15) is 0 Å². The van der Waals surface area contributed by atoms with E-state index in [0.717, 1.165) is 55.9 Å². The second-order valence-electron chi connectivity index (χ2n) is 7.16. The van der Waals surface area contributed by atoms with Gasteiger partial charge in [0, 0.05) is 24.3 Å². The molecule has 7 heteroatoms. The molecule has 122 valence electrons. The maximum Gasteiger partial charge on any atom is 0.240 e. The molecular formula is C16H21N5O2. The van der Waals surface area contributed by atoms with Gasteiger partial charge in [0.05, 0.1) is 6.54 Å². The SMILES string of the molecule is C1C[C@@H](c2noc(C3CC3)n2)CN(Cc2nc(C3CC3)no2)C1. The first-order valence-corrected chi connectivity index (χ1v) is 8.73. The number of aromatic nitrogens is 4. The van der Waals surface area contributed by atoms with E-state index < -0.39 is 0 Å². The number of hydrogen-bond acceptors (Lipinski definition) is 7. The van der Waals surface area contributed by atoms with Crippen LogP contribution in [0.4, 0.5) is 0 Å². The zero-order valence-corrected chi connectivity index (χ0v) is 13.1. The van der Waals surface area contributed by atoms with Gasteiger partial charge in [0.2, 0.25) is 11.8 Å². The van der Waals surface area contributed by atoms with Crippen LogP contribution < -0.4 is 0 Å². The van der Waals surface area contributed by atoms with E-state index >= 15 is 0 Å². The largest absolute Gasteiger partial charge is 0.339 e. The van der Waals surface area contributed by atoms with Gasteiger partial charge in [-0.3, -0.25) is 4.90 Å². The van der Waals surface area contributed by atoms with Crippen LogP contribution in [0.15, 0.2) is 9.05 Å². The van der Waals surface area contributed by atoms with Crippen LogP contribution in [-0.4, -0.2) is 38.3 Å². The summed E-state index contributed by atoms with van der Waals surface area (Å²) in [4.78, 5) is 11.5. The Kier molecular flexibility index (Phi) is 3.21. The van der Waals surface area contributed by atoms with Crippen molar-refractivity contribution in [3.05, 3.63) is 23.4 Å². The summed E-state index contributed by atoms with van der Waals surface area (Å²) in [6, 6.07) is 0. The second-order valence-corrected chi connectivity index (χ2v) is 7.16. The van der Waals surface area contributed by atoms with Crippen LogP contribution in [-0.2, 0) is 6.54 Å². The number of hydrogen-bond donors (Lipinski definition) is 0. The fraction of sp³-hybridized carbons (Fsp3) is 0.750. The molecule has 2 aliphatic carbocycles. The zero-order chi connectivity index (χ0) is 15.2. The highest BCUT2D eigenvalue weighted by Crippen LogP contribution is 2.40. The van der Waals surface area contributed by atoms with E-state index in [1.165, 1.54) is 25.7 Å². The van der Waals surface area contributed by atoms with Crippen LogP contribution in [0.3, 0.4) is 0 Å². The lowest BCUT2D eigenvalue weighted by atomic mass is 9.97. The molecule has 0 unspecified atom stereocenters. The molecule has 0 amide bonds. The lowest BCUT2D eigenvalue weighted by Crippen LogP contribution is -2.34. The van der Waals surface area contributed by atoms with Crippen molar-refractivity contribution in [2.45, 2.75) is 62.8 Å². The average molecular weight is 315 g/mol. The lowest BCUT2D eigenvalue weighted by Gasteiger charge is -2.29. The summed E-state index contributed by atoms with van der Waals surface area (Å²) in [5.74, 6) is 4.76. The Balaban J connectivity index is 1.24. The Labute approximate surface area is 134 Å². The molecule has 0 spiro atoms. The summed E-state index contributed by atoms with van der Waals surface area (Å²) in [5.41, 5.74) is 0. The van der Waals surface area contributed by atoms with Crippen LogP contribution in [0.25, 0.3) is 0 Å². The summed E-state index contributed by atoms with van der Waals surface area (Å²) in [6.07, 6.45) is 7.05. The van der Waals surface area contributed by atoms with Gasteiger partial charge in [-0.2, -0.15) is 9.97 Å². The molecule has 5 rings (SSSR count). The molecule has 2 aromatic heterocycles. The van der Waals surface area contributed by atoms with Gasteiger partial charge in [-0.25, -0.2) is 0 Å². The zero-order valence-electron chi connectivity index (χ0n) is 13.1. The van der Waals surface area contributed by atoms with Gasteiger partial charge in [0.15, 0.2) is 11.6 Å². The third-order valence-electron chi connectivity index (χ3n) is 5.04. The summed E-state index contributed by atoms with van der Waals surface area (Å²) in [5, 5.41) is 8.31. The minimum absolute atomic E-state index is 0.353. The molecule has 0 N–H and O–H groups in total. The van der Waals surface area contributed by atoms with Gasteiger partial charge in [-0.1, -0.05) is 10.3 Å². The second kappa shape index (κ2) is 5.40. The average Bonchev–Trinajstić information content (AvgIpc) is 3.51. The van der Waals surface area contributed by atoms with Crippen molar-refractivity contribution in [3.63, 3.8) is 0 Å². The van der Waals surface area contributed by atoms with Crippen LogP contribution in [0.5, 0.6) is 0 Å². The minimum atomic E-state index is 0.353. The third-order valence-corrected chi connectivity index (χ3v) is 5.04. The van der Waals surface area contributed by atoms with Crippen molar-refractivity contribution in [3.8, 4) is 0 Å². The Bertz CT molecular complexity index is 688. The first-order chi connectivity index (χ1) is 11.3. The number of likely N-dealkylation sites (tertiary alicyclic amines) is 1. The highest BCUT2D eigenvalue weighted by molar-refractivity contribution is 5.06. The first kappa shape index (κ1) is 13.7. The van der Waals surface area contributed by atoms with Gasteiger partial charge in [-0.05, 0) is 45.1 Å². The van der Waals surface area contributed by atoms with Gasteiger partial charge in [0.25, 0.3) is 0 Å². The Morgan fingerprint density at radius 3 is 2.48 bits per heavy atom. The molecule has 3 heterocycles. The summed E-state index contributed by atoms with van der Waals surface area (Å²) >= 11 is 0. The van der Waals surface area contributed by atoms with E-state index in [0.29, 0.717) is 17.8 Å². The highest BCUT2D eigenvalue weighted by atomic mass is 16.5. The topological polar surface area (TPSA) is 81.1 Å². The Morgan fingerprint density at radius 2 is 1.65 bits per heavy atom. The van der Waals surface area contributed by atoms with Crippen molar-refractivity contribution >= 4 is 0 Å². The van der Waals surface area contributed by atoms with Crippen LogP contribution >= 0.6 is 0 Å². The number of nitrogens with zero attached hydrogens (tertiary/aromatic N) is 5. The van der Waals surface area contributed by atoms with Gasteiger partial charge >= 0.3 is 0 Å². The molecule has 1 saturated heterocycles. The molecule has 0 radical (unpaired) electrons. The smallest absolute Gasteiger partial charge is 0.240 e. The predicted molar refractivity (Wildman–Crippen MR) is 79.8 cm³/mol. The maximum absolute atomic E-state index is 5.41. The maximum atomic E-state index is 5.41. The fourth-order valence-electron chi connectivity index (χ4n) is 3.35. The van der Waals surface area contributed by atoms with Gasteiger partial charge in [0.1, 0.15) is 0 Å². The van der Waals surface area contributed by atoms with Gasteiger partial charge < -0.3 is 9.05 Å². The monoisotopic (exact) mass is 315 g/mol. The lowest BCUT2D eigenvalue weighted by molar-refractivity contribution is 0.173. The highest BCUT2D eigenvalue weighted by Gasteiger charge is 2.33. The standard InChI is InChI=1S/C16H21N5O2/c1-2-12(15-18-16(23-20-15)11-5-6-11)8-21(7-1)9-13-17-14(19-22-13)10-3-4-10/h10-12H,1-9H2/t12-/m1/s1. The number of piperidine rings is 1. The van der Waals surface area contributed by atoms with Gasteiger partial charge in [-0.15, -0.1) is 0 Å². The van der Waals surface area contributed by atoms with E-state index in [-0.39, 0.29) is 0 Å². The summed E-state index contributed by atoms with van der Waals surface area (Å²) < 4.78 is 10.8. The Hall–Kier alpha value is -1.76. The first-order valence-electron chi connectivity index (χ1n) is 8.73. The molecule has 2 aromatic rings. The van der Waals surface area contributed by atoms with Crippen molar-refractivity contribution in [2.75, 3.05) is 13.1 Å². The summed E-state index contributed by atoms with van der Waals surface area (Å²) in [7, 11) is 0. The normalized spacial score (nSPS) is 25.8. The summed E-state index contributed by atoms with van der Waals surface area (Å²) in [6.45, 7) is 2.72. The van der Waals surface area contributed by atoms with E-state index in [1.54, 1.807) is 0 Å². The Morgan fingerprint density at radius 1 is 0.870 bits per heavy atom. The molecule has 2 saturated carbocycles.